The van der Waals surface area contributed by atoms with Crippen LogP contribution in [-0.2, 0) is 4.79 Å². The summed E-state index contributed by atoms with van der Waals surface area (Å²) in [6.45, 7) is 4.07. The first-order chi connectivity index (χ1) is 8.33. The van der Waals surface area contributed by atoms with Gasteiger partial charge in [-0.05, 0) is 25.8 Å². The molecule has 0 unspecified atom stereocenters. The molecule has 0 bridgehead atoms. The molecule has 1 fully saturated rings. The van der Waals surface area contributed by atoms with Crippen molar-refractivity contribution >= 4 is 5.91 Å². The Kier molecular flexibility index (Phi) is 8.06. The van der Waals surface area contributed by atoms with Crippen LogP contribution in [0.15, 0.2) is 0 Å². The SMILES string of the molecule is CCCCCNCCC(=O)NC1CCCCC1. The van der Waals surface area contributed by atoms with Gasteiger partial charge in [0.05, 0.1) is 0 Å². The van der Waals surface area contributed by atoms with E-state index in [1.54, 1.807) is 0 Å². The molecule has 0 aromatic heterocycles. The molecule has 3 heteroatoms. The van der Waals surface area contributed by atoms with Gasteiger partial charge in [0.15, 0.2) is 0 Å². The van der Waals surface area contributed by atoms with Crippen molar-refractivity contribution in [2.45, 2.75) is 70.8 Å². The van der Waals surface area contributed by atoms with E-state index in [2.05, 4.69) is 17.6 Å². The van der Waals surface area contributed by atoms with Gasteiger partial charge in [-0.3, -0.25) is 4.79 Å². The monoisotopic (exact) mass is 240 g/mol. The first-order valence-corrected chi connectivity index (χ1v) is 7.33. The molecule has 2 N–H and O–H groups in total. The molecule has 0 spiro atoms. The van der Waals surface area contributed by atoms with Crippen molar-refractivity contribution in [2.24, 2.45) is 0 Å². The largest absolute Gasteiger partial charge is 0.353 e. The highest BCUT2D eigenvalue weighted by molar-refractivity contribution is 5.76. The van der Waals surface area contributed by atoms with E-state index in [0.717, 1.165) is 13.1 Å². The zero-order valence-corrected chi connectivity index (χ0v) is 11.3. The second kappa shape index (κ2) is 9.46. The second-order valence-corrected chi connectivity index (χ2v) is 5.11. The van der Waals surface area contributed by atoms with Crippen LogP contribution < -0.4 is 10.6 Å². The Hall–Kier alpha value is -0.570. The Morgan fingerprint density at radius 3 is 2.59 bits per heavy atom. The van der Waals surface area contributed by atoms with Crippen molar-refractivity contribution < 1.29 is 4.79 Å². The number of nitrogens with one attached hydrogen (secondary N) is 2. The van der Waals surface area contributed by atoms with Gasteiger partial charge >= 0.3 is 0 Å². The van der Waals surface area contributed by atoms with Crippen molar-refractivity contribution in [2.75, 3.05) is 13.1 Å². The average Bonchev–Trinajstić information content (AvgIpc) is 2.35. The van der Waals surface area contributed by atoms with Gasteiger partial charge in [-0.2, -0.15) is 0 Å². The molecule has 3 nitrogen and oxygen atoms in total. The highest BCUT2D eigenvalue weighted by Gasteiger charge is 2.14. The lowest BCUT2D eigenvalue weighted by Gasteiger charge is -2.22. The molecular weight excluding hydrogens is 212 g/mol. The van der Waals surface area contributed by atoms with Gasteiger partial charge in [0.1, 0.15) is 0 Å². The molecule has 1 saturated carbocycles. The summed E-state index contributed by atoms with van der Waals surface area (Å²) in [5.74, 6) is 0.222. The van der Waals surface area contributed by atoms with E-state index in [1.807, 2.05) is 0 Å². The Bertz CT molecular complexity index is 200. The summed E-state index contributed by atoms with van der Waals surface area (Å²) in [7, 11) is 0. The summed E-state index contributed by atoms with van der Waals surface area (Å²) in [4.78, 5) is 11.6. The molecule has 0 heterocycles. The van der Waals surface area contributed by atoms with Gasteiger partial charge in [0.2, 0.25) is 5.91 Å². The van der Waals surface area contributed by atoms with Crippen LogP contribution in [0, 0.1) is 0 Å². The minimum Gasteiger partial charge on any atom is -0.353 e. The van der Waals surface area contributed by atoms with Crippen LogP contribution >= 0.6 is 0 Å². The number of carbonyl (C=O) groups is 1. The lowest BCUT2D eigenvalue weighted by Crippen LogP contribution is -2.37. The minimum absolute atomic E-state index is 0.222. The van der Waals surface area contributed by atoms with E-state index in [0.29, 0.717) is 12.5 Å². The number of rotatable bonds is 8. The zero-order chi connectivity index (χ0) is 12.3. The third-order valence-electron chi connectivity index (χ3n) is 3.46. The number of hydrogen-bond donors (Lipinski definition) is 2. The Morgan fingerprint density at radius 2 is 1.88 bits per heavy atom. The number of unbranched alkanes of at least 4 members (excludes halogenated alkanes) is 2. The highest BCUT2D eigenvalue weighted by atomic mass is 16.1. The predicted molar refractivity (Wildman–Crippen MR) is 72.0 cm³/mol. The quantitative estimate of drug-likeness (QED) is 0.640. The lowest BCUT2D eigenvalue weighted by molar-refractivity contribution is -0.121. The van der Waals surface area contributed by atoms with Gasteiger partial charge in [0, 0.05) is 19.0 Å². The molecule has 0 aromatic carbocycles. The van der Waals surface area contributed by atoms with E-state index >= 15 is 0 Å². The molecule has 17 heavy (non-hydrogen) atoms. The summed E-state index contributed by atoms with van der Waals surface area (Å²) < 4.78 is 0. The summed E-state index contributed by atoms with van der Waals surface area (Å²) in [5.41, 5.74) is 0. The number of carbonyl (C=O) groups excluding carboxylic acids is 1. The normalized spacial score (nSPS) is 17.0. The molecule has 0 atom stereocenters. The van der Waals surface area contributed by atoms with Crippen LogP contribution in [0.4, 0.5) is 0 Å². The Morgan fingerprint density at radius 1 is 1.12 bits per heavy atom. The standard InChI is InChI=1S/C14H28N2O/c1-2-3-7-11-15-12-10-14(17)16-13-8-5-4-6-9-13/h13,15H,2-12H2,1H3,(H,16,17). The average molecular weight is 240 g/mol. The van der Waals surface area contributed by atoms with Crippen molar-refractivity contribution in [3.05, 3.63) is 0 Å². The van der Waals surface area contributed by atoms with Crippen molar-refractivity contribution in [3.63, 3.8) is 0 Å². The molecule has 0 radical (unpaired) electrons. The molecule has 1 amide bonds. The van der Waals surface area contributed by atoms with E-state index in [1.165, 1.54) is 51.4 Å². The number of amides is 1. The van der Waals surface area contributed by atoms with Crippen LogP contribution in [0.5, 0.6) is 0 Å². The summed E-state index contributed by atoms with van der Waals surface area (Å²) in [6, 6.07) is 0.455. The summed E-state index contributed by atoms with van der Waals surface area (Å²) >= 11 is 0. The molecule has 1 rings (SSSR count). The maximum Gasteiger partial charge on any atom is 0.221 e. The fourth-order valence-electron chi connectivity index (χ4n) is 2.37. The number of hydrogen-bond acceptors (Lipinski definition) is 2. The van der Waals surface area contributed by atoms with Crippen molar-refractivity contribution in [1.82, 2.24) is 10.6 Å². The minimum atomic E-state index is 0.222. The maximum absolute atomic E-state index is 11.6. The van der Waals surface area contributed by atoms with Gasteiger partial charge < -0.3 is 10.6 Å². The van der Waals surface area contributed by atoms with Gasteiger partial charge in [-0.15, -0.1) is 0 Å². The van der Waals surface area contributed by atoms with E-state index in [-0.39, 0.29) is 5.91 Å². The maximum atomic E-state index is 11.6. The molecular formula is C14H28N2O. The molecule has 0 aliphatic heterocycles. The van der Waals surface area contributed by atoms with E-state index in [9.17, 15) is 4.79 Å². The highest BCUT2D eigenvalue weighted by Crippen LogP contribution is 2.17. The van der Waals surface area contributed by atoms with Crippen molar-refractivity contribution in [3.8, 4) is 0 Å². The first-order valence-electron chi connectivity index (χ1n) is 7.33. The van der Waals surface area contributed by atoms with Crippen LogP contribution in [0.2, 0.25) is 0 Å². The van der Waals surface area contributed by atoms with E-state index < -0.39 is 0 Å². The van der Waals surface area contributed by atoms with Crippen LogP contribution in [0.3, 0.4) is 0 Å². The Labute approximate surface area is 106 Å². The molecule has 1 aliphatic carbocycles. The van der Waals surface area contributed by atoms with E-state index in [4.69, 9.17) is 0 Å². The summed E-state index contributed by atoms with van der Waals surface area (Å²) in [6.07, 6.45) is 10.6. The predicted octanol–water partition coefficient (Wildman–Crippen LogP) is 2.61. The molecule has 100 valence electrons. The second-order valence-electron chi connectivity index (χ2n) is 5.11. The van der Waals surface area contributed by atoms with Crippen LogP contribution in [-0.4, -0.2) is 25.0 Å². The zero-order valence-electron chi connectivity index (χ0n) is 11.3. The van der Waals surface area contributed by atoms with Crippen molar-refractivity contribution in [1.29, 1.82) is 0 Å². The molecule has 1 aliphatic rings. The van der Waals surface area contributed by atoms with Crippen LogP contribution in [0.1, 0.15) is 64.7 Å². The third kappa shape index (κ3) is 7.37. The summed E-state index contributed by atoms with van der Waals surface area (Å²) in [5, 5.41) is 6.47. The fourth-order valence-corrected chi connectivity index (χ4v) is 2.37. The van der Waals surface area contributed by atoms with Gasteiger partial charge in [0.25, 0.3) is 0 Å². The molecule has 0 saturated heterocycles. The topological polar surface area (TPSA) is 41.1 Å². The molecule has 0 aromatic rings. The third-order valence-corrected chi connectivity index (χ3v) is 3.46. The Balaban J connectivity index is 1.93. The van der Waals surface area contributed by atoms with Crippen LogP contribution in [0.25, 0.3) is 0 Å². The lowest BCUT2D eigenvalue weighted by atomic mass is 9.95. The van der Waals surface area contributed by atoms with Gasteiger partial charge in [-0.1, -0.05) is 39.0 Å². The fraction of sp³-hybridized carbons (Fsp3) is 0.929. The smallest absolute Gasteiger partial charge is 0.221 e. The van der Waals surface area contributed by atoms with Gasteiger partial charge in [-0.25, -0.2) is 0 Å². The first kappa shape index (κ1) is 14.5.